The highest BCUT2D eigenvalue weighted by atomic mass is 35.5. The lowest BCUT2D eigenvalue weighted by Crippen LogP contribution is -2.31. The molecule has 1 aliphatic carbocycles. The van der Waals surface area contributed by atoms with Gasteiger partial charge in [-0.25, -0.2) is 4.39 Å². The van der Waals surface area contributed by atoms with Crippen molar-refractivity contribution in [1.82, 2.24) is 10.2 Å². The maximum atomic E-state index is 13.2. The van der Waals surface area contributed by atoms with E-state index in [0.717, 1.165) is 18.7 Å². The molecule has 2 aliphatic rings. The second-order valence-electron chi connectivity index (χ2n) is 5.69. The summed E-state index contributed by atoms with van der Waals surface area (Å²) in [7, 11) is 1.99. The summed E-state index contributed by atoms with van der Waals surface area (Å²) in [6.07, 6.45) is 3.78. The Balaban J connectivity index is 1.91. The highest BCUT2D eigenvalue weighted by Crippen LogP contribution is 2.45. The first kappa shape index (κ1) is 13.3. The van der Waals surface area contributed by atoms with Crippen molar-refractivity contribution in [2.45, 2.75) is 31.3 Å². The van der Waals surface area contributed by atoms with Crippen LogP contribution >= 0.6 is 11.6 Å². The Hall–Kier alpha value is -0.640. The van der Waals surface area contributed by atoms with Gasteiger partial charge in [-0.05, 0) is 63.0 Å². The van der Waals surface area contributed by atoms with Crippen LogP contribution in [0.4, 0.5) is 4.39 Å². The molecule has 1 aromatic carbocycles. The summed E-state index contributed by atoms with van der Waals surface area (Å²) in [5.41, 5.74) is 1.09. The van der Waals surface area contributed by atoms with E-state index in [1.807, 2.05) is 13.1 Å². The molecule has 3 rings (SSSR count). The van der Waals surface area contributed by atoms with E-state index in [-0.39, 0.29) is 5.82 Å². The molecule has 2 unspecified atom stereocenters. The van der Waals surface area contributed by atoms with Gasteiger partial charge < -0.3 is 5.32 Å². The third kappa shape index (κ3) is 2.64. The molecule has 1 aromatic rings. The summed E-state index contributed by atoms with van der Waals surface area (Å²) in [6, 6.07) is 5.89. The molecule has 1 N–H and O–H groups in total. The highest BCUT2D eigenvalue weighted by molar-refractivity contribution is 6.31. The Morgan fingerprint density at radius 1 is 1.37 bits per heavy atom. The number of nitrogens with one attached hydrogen (secondary N) is 1. The number of hydrogen-bond donors (Lipinski definition) is 1. The Bertz CT molecular complexity index is 461. The van der Waals surface area contributed by atoms with Crippen molar-refractivity contribution < 1.29 is 4.39 Å². The molecule has 19 heavy (non-hydrogen) atoms. The number of likely N-dealkylation sites (tertiary alicyclic amines) is 1. The van der Waals surface area contributed by atoms with Crippen molar-refractivity contribution in [3.63, 3.8) is 0 Å². The second kappa shape index (κ2) is 5.39. The minimum Gasteiger partial charge on any atom is -0.319 e. The second-order valence-corrected chi connectivity index (χ2v) is 6.09. The normalized spacial score (nSPS) is 27.9. The Kier molecular flexibility index (Phi) is 3.79. The zero-order valence-electron chi connectivity index (χ0n) is 11.2. The summed E-state index contributed by atoms with van der Waals surface area (Å²) < 4.78 is 13.2. The summed E-state index contributed by atoms with van der Waals surface area (Å²) >= 11 is 6.28. The lowest BCUT2D eigenvalue weighted by Gasteiger charge is -2.29. The van der Waals surface area contributed by atoms with Gasteiger partial charge in [0.05, 0.1) is 0 Å². The Labute approximate surface area is 118 Å². The van der Waals surface area contributed by atoms with Crippen LogP contribution in [0.2, 0.25) is 5.02 Å². The van der Waals surface area contributed by atoms with Gasteiger partial charge in [-0.2, -0.15) is 0 Å². The molecule has 2 atom stereocenters. The standard InChI is InChI=1S/C15H20ClFN2/c1-18-9-10-6-7-19(12-3-4-12)15(10)13-5-2-11(17)8-14(13)16/h2,5,8,10,12,15,18H,3-4,6-7,9H2,1H3. The smallest absolute Gasteiger partial charge is 0.124 e. The van der Waals surface area contributed by atoms with Crippen LogP contribution < -0.4 is 5.32 Å². The van der Waals surface area contributed by atoms with Crippen LogP contribution in [0, 0.1) is 11.7 Å². The van der Waals surface area contributed by atoms with Crippen LogP contribution in [0.1, 0.15) is 30.9 Å². The van der Waals surface area contributed by atoms with Crippen molar-refractivity contribution in [3.8, 4) is 0 Å². The van der Waals surface area contributed by atoms with Gasteiger partial charge in [0.1, 0.15) is 5.82 Å². The van der Waals surface area contributed by atoms with Crippen LogP contribution in [0.15, 0.2) is 18.2 Å². The van der Waals surface area contributed by atoms with Crippen molar-refractivity contribution in [2.75, 3.05) is 20.1 Å². The van der Waals surface area contributed by atoms with E-state index in [1.165, 1.54) is 31.4 Å². The highest BCUT2D eigenvalue weighted by Gasteiger charge is 2.42. The molecular formula is C15H20ClFN2. The first-order chi connectivity index (χ1) is 9.20. The van der Waals surface area contributed by atoms with Gasteiger partial charge in [-0.1, -0.05) is 17.7 Å². The van der Waals surface area contributed by atoms with E-state index < -0.39 is 0 Å². The van der Waals surface area contributed by atoms with Crippen LogP contribution in [0.25, 0.3) is 0 Å². The number of nitrogens with zero attached hydrogens (tertiary/aromatic N) is 1. The quantitative estimate of drug-likeness (QED) is 0.912. The molecule has 1 aliphatic heterocycles. The Morgan fingerprint density at radius 3 is 2.79 bits per heavy atom. The van der Waals surface area contributed by atoms with Gasteiger partial charge in [-0.3, -0.25) is 4.90 Å². The zero-order chi connectivity index (χ0) is 13.4. The molecule has 0 spiro atoms. The first-order valence-electron chi connectivity index (χ1n) is 7.06. The van der Waals surface area contributed by atoms with Crippen molar-refractivity contribution in [3.05, 3.63) is 34.6 Å². The van der Waals surface area contributed by atoms with Crippen molar-refractivity contribution in [2.24, 2.45) is 5.92 Å². The molecule has 0 amide bonds. The molecule has 2 nitrogen and oxygen atoms in total. The van der Waals surface area contributed by atoms with Gasteiger partial charge in [0.2, 0.25) is 0 Å². The maximum Gasteiger partial charge on any atom is 0.124 e. The molecule has 0 radical (unpaired) electrons. The van der Waals surface area contributed by atoms with Crippen molar-refractivity contribution in [1.29, 1.82) is 0 Å². The van der Waals surface area contributed by atoms with Gasteiger partial charge in [0, 0.05) is 17.1 Å². The first-order valence-corrected chi connectivity index (χ1v) is 7.44. The summed E-state index contributed by atoms with van der Waals surface area (Å²) in [5, 5.41) is 3.84. The van der Waals surface area contributed by atoms with Crippen LogP contribution in [0.3, 0.4) is 0 Å². The number of benzene rings is 1. The minimum absolute atomic E-state index is 0.255. The van der Waals surface area contributed by atoms with E-state index in [2.05, 4.69) is 10.2 Å². The topological polar surface area (TPSA) is 15.3 Å². The fourth-order valence-electron chi connectivity index (χ4n) is 3.35. The average Bonchev–Trinajstić information content (AvgIpc) is 3.13. The predicted molar refractivity (Wildman–Crippen MR) is 75.9 cm³/mol. The van der Waals surface area contributed by atoms with E-state index in [4.69, 9.17) is 11.6 Å². The van der Waals surface area contributed by atoms with Gasteiger partial charge in [0.25, 0.3) is 0 Å². The van der Waals surface area contributed by atoms with E-state index in [0.29, 0.717) is 23.0 Å². The third-order valence-electron chi connectivity index (χ3n) is 4.33. The molecule has 1 heterocycles. The molecule has 0 aromatic heterocycles. The fraction of sp³-hybridized carbons (Fsp3) is 0.600. The summed E-state index contributed by atoms with van der Waals surface area (Å²) in [6.45, 7) is 2.12. The van der Waals surface area contributed by atoms with Gasteiger partial charge in [0.15, 0.2) is 0 Å². The number of rotatable bonds is 4. The molecule has 4 heteroatoms. The molecular weight excluding hydrogens is 263 g/mol. The monoisotopic (exact) mass is 282 g/mol. The largest absolute Gasteiger partial charge is 0.319 e. The van der Waals surface area contributed by atoms with Crippen LogP contribution in [-0.2, 0) is 0 Å². The average molecular weight is 283 g/mol. The lowest BCUT2D eigenvalue weighted by atomic mass is 9.93. The predicted octanol–water partition coefficient (Wildman–Crippen LogP) is 3.22. The fourth-order valence-corrected chi connectivity index (χ4v) is 3.63. The maximum absolute atomic E-state index is 13.2. The van der Waals surface area contributed by atoms with E-state index in [9.17, 15) is 4.39 Å². The van der Waals surface area contributed by atoms with E-state index in [1.54, 1.807) is 0 Å². The van der Waals surface area contributed by atoms with Gasteiger partial charge >= 0.3 is 0 Å². The summed E-state index contributed by atoms with van der Waals surface area (Å²) in [5.74, 6) is 0.309. The number of halogens is 2. The molecule has 1 saturated carbocycles. The lowest BCUT2D eigenvalue weighted by molar-refractivity contribution is 0.217. The third-order valence-corrected chi connectivity index (χ3v) is 4.65. The van der Waals surface area contributed by atoms with Crippen molar-refractivity contribution >= 4 is 11.6 Å². The molecule has 104 valence electrons. The molecule has 2 fully saturated rings. The number of hydrogen-bond acceptors (Lipinski definition) is 2. The minimum atomic E-state index is -0.255. The van der Waals surface area contributed by atoms with Crippen LogP contribution in [-0.4, -0.2) is 31.1 Å². The molecule has 1 saturated heterocycles. The molecule has 0 bridgehead atoms. The zero-order valence-corrected chi connectivity index (χ0v) is 12.0. The van der Waals surface area contributed by atoms with Gasteiger partial charge in [-0.15, -0.1) is 0 Å². The van der Waals surface area contributed by atoms with Crippen LogP contribution in [0.5, 0.6) is 0 Å². The summed E-state index contributed by atoms with van der Waals surface area (Å²) in [4.78, 5) is 2.57. The Morgan fingerprint density at radius 2 is 2.16 bits per heavy atom. The van der Waals surface area contributed by atoms with E-state index >= 15 is 0 Å². The SMILES string of the molecule is CNCC1CCN(C2CC2)C1c1ccc(F)cc1Cl.